The standard InChI is InChI=1S/C14H20N2O3S/c1-18-12-7-11(8-13(9-12)19-2)10-15-14(17)16-3-5-20-6-4-16/h7-9H,3-6,10H2,1-2H3,(H,15,17). The minimum atomic E-state index is -0.00733. The van der Waals surface area contributed by atoms with Crippen LogP contribution < -0.4 is 14.8 Å². The van der Waals surface area contributed by atoms with E-state index in [1.54, 1.807) is 14.2 Å². The summed E-state index contributed by atoms with van der Waals surface area (Å²) in [5.41, 5.74) is 0.959. The molecule has 1 saturated heterocycles. The molecular weight excluding hydrogens is 276 g/mol. The SMILES string of the molecule is COc1cc(CNC(=O)N2CCSCC2)cc(OC)c1. The Morgan fingerprint density at radius 3 is 2.35 bits per heavy atom. The highest BCUT2D eigenvalue weighted by Crippen LogP contribution is 2.22. The molecule has 0 spiro atoms. The van der Waals surface area contributed by atoms with Gasteiger partial charge in [-0.3, -0.25) is 0 Å². The van der Waals surface area contributed by atoms with E-state index in [0.717, 1.165) is 41.7 Å². The lowest BCUT2D eigenvalue weighted by molar-refractivity contribution is 0.202. The van der Waals surface area contributed by atoms with E-state index in [0.29, 0.717) is 6.54 Å². The fraction of sp³-hybridized carbons (Fsp3) is 0.500. The number of benzene rings is 1. The lowest BCUT2D eigenvalue weighted by Crippen LogP contribution is -2.44. The fourth-order valence-electron chi connectivity index (χ4n) is 2.02. The Morgan fingerprint density at radius 1 is 1.20 bits per heavy atom. The van der Waals surface area contributed by atoms with Crippen molar-refractivity contribution in [3.63, 3.8) is 0 Å². The van der Waals surface area contributed by atoms with Crippen LogP contribution >= 0.6 is 11.8 Å². The van der Waals surface area contributed by atoms with Crippen molar-refractivity contribution in [2.24, 2.45) is 0 Å². The van der Waals surface area contributed by atoms with Crippen molar-refractivity contribution in [3.05, 3.63) is 23.8 Å². The summed E-state index contributed by atoms with van der Waals surface area (Å²) in [6, 6.07) is 5.60. The van der Waals surface area contributed by atoms with E-state index in [4.69, 9.17) is 9.47 Å². The fourth-order valence-corrected chi connectivity index (χ4v) is 2.93. The Morgan fingerprint density at radius 2 is 1.80 bits per heavy atom. The Kier molecular flexibility index (Phi) is 5.40. The number of amides is 2. The van der Waals surface area contributed by atoms with Gasteiger partial charge in [-0.15, -0.1) is 0 Å². The molecule has 1 aliphatic rings. The lowest BCUT2D eigenvalue weighted by Gasteiger charge is -2.26. The molecule has 0 unspecified atom stereocenters. The van der Waals surface area contributed by atoms with Crippen molar-refractivity contribution in [2.45, 2.75) is 6.54 Å². The Labute approximate surface area is 123 Å². The highest BCUT2D eigenvalue weighted by Gasteiger charge is 2.16. The second kappa shape index (κ2) is 7.28. The number of hydrogen-bond acceptors (Lipinski definition) is 4. The van der Waals surface area contributed by atoms with Crippen LogP contribution in [-0.4, -0.2) is 49.7 Å². The van der Waals surface area contributed by atoms with Crippen LogP contribution in [0.25, 0.3) is 0 Å². The molecule has 2 amide bonds. The van der Waals surface area contributed by atoms with Crippen molar-refractivity contribution in [1.82, 2.24) is 10.2 Å². The van der Waals surface area contributed by atoms with E-state index in [2.05, 4.69) is 5.32 Å². The van der Waals surface area contributed by atoms with Crippen LogP contribution in [0.5, 0.6) is 11.5 Å². The minimum absolute atomic E-state index is 0.00733. The predicted molar refractivity (Wildman–Crippen MR) is 80.7 cm³/mol. The van der Waals surface area contributed by atoms with Crippen LogP contribution in [0.1, 0.15) is 5.56 Å². The number of methoxy groups -OCH3 is 2. The molecule has 110 valence electrons. The number of hydrogen-bond donors (Lipinski definition) is 1. The first-order valence-corrected chi connectivity index (χ1v) is 7.71. The summed E-state index contributed by atoms with van der Waals surface area (Å²) in [5.74, 6) is 3.48. The first-order valence-electron chi connectivity index (χ1n) is 6.55. The van der Waals surface area contributed by atoms with Gasteiger partial charge in [0.1, 0.15) is 11.5 Å². The first-order chi connectivity index (χ1) is 9.72. The van der Waals surface area contributed by atoms with E-state index in [1.807, 2.05) is 34.9 Å². The summed E-state index contributed by atoms with van der Waals surface area (Å²) in [6.45, 7) is 2.10. The maximum absolute atomic E-state index is 12.0. The van der Waals surface area contributed by atoms with Gasteiger partial charge in [0.15, 0.2) is 0 Å². The Balaban J connectivity index is 1.94. The molecule has 1 aromatic carbocycles. The molecule has 0 radical (unpaired) electrons. The largest absolute Gasteiger partial charge is 0.497 e. The van der Waals surface area contributed by atoms with Gasteiger partial charge in [0.25, 0.3) is 0 Å². The van der Waals surface area contributed by atoms with E-state index in [1.165, 1.54) is 0 Å². The molecule has 1 N–H and O–H groups in total. The quantitative estimate of drug-likeness (QED) is 0.923. The summed E-state index contributed by atoms with van der Waals surface area (Å²) in [4.78, 5) is 13.9. The third kappa shape index (κ3) is 3.96. The van der Waals surface area contributed by atoms with Gasteiger partial charge in [-0.2, -0.15) is 11.8 Å². The predicted octanol–water partition coefficient (Wildman–Crippen LogP) is 1.96. The van der Waals surface area contributed by atoms with Gasteiger partial charge >= 0.3 is 6.03 Å². The van der Waals surface area contributed by atoms with Crippen LogP contribution in [-0.2, 0) is 6.54 Å². The molecule has 1 aromatic rings. The molecule has 1 aliphatic heterocycles. The van der Waals surface area contributed by atoms with Crippen molar-refractivity contribution < 1.29 is 14.3 Å². The normalized spacial score (nSPS) is 14.8. The topological polar surface area (TPSA) is 50.8 Å². The molecule has 0 aromatic heterocycles. The molecule has 0 atom stereocenters. The van der Waals surface area contributed by atoms with E-state index < -0.39 is 0 Å². The zero-order valence-electron chi connectivity index (χ0n) is 11.8. The number of nitrogens with zero attached hydrogens (tertiary/aromatic N) is 1. The number of rotatable bonds is 4. The number of ether oxygens (including phenoxy) is 2. The molecule has 6 heteroatoms. The van der Waals surface area contributed by atoms with E-state index >= 15 is 0 Å². The molecular formula is C14H20N2O3S. The van der Waals surface area contributed by atoms with Crippen LogP contribution in [0.3, 0.4) is 0 Å². The third-order valence-electron chi connectivity index (χ3n) is 3.15. The zero-order valence-corrected chi connectivity index (χ0v) is 12.7. The molecule has 0 saturated carbocycles. The smallest absolute Gasteiger partial charge is 0.317 e. The van der Waals surface area contributed by atoms with Gasteiger partial charge in [0, 0.05) is 37.2 Å². The van der Waals surface area contributed by atoms with Crippen molar-refractivity contribution in [2.75, 3.05) is 38.8 Å². The second-order valence-electron chi connectivity index (χ2n) is 4.48. The van der Waals surface area contributed by atoms with Crippen molar-refractivity contribution >= 4 is 17.8 Å². The first kappa shape index (κ1) is 14.8. The van der Waals surface area contributed by atoms with Gasteiger partial charge in [-0.05, 0) is 17.7 Å². The maximum atomic E-state index is 12.0. The number of carbonyl (C=O) groups excluding carboxylic acids is 1. The molecule has 1 heterocycles. The van der Waals surface area contributed by atoms with Crippen LogP contribution in [0.2, 0.25) is 0 Å². The summed E-state index contributed by atoms with van der Waals surface area (Å²) in [5, 5.41) is 2.94. The van der Waals surface area contributed by atoms with Crippen LogP contribution in [0.4, 0.5) is 4.79 Å². The van der Waals surface area contributed by atoms with Crippen LogP contribution in [0, 0.1) is 0 Å². The van der Waals surface area contributed by atoms with Crippen LogP contribution in [0.15, 0.2) is 18.2 Å². The number of thioether (sulfide) groups is 1. The second-order valence-corrected chi connectivity index (χ2v) is 5.70. The summed E-state index contributed by atoms with van der Waals surface area (Å²) < 4.78 is 10.4. The highest BCUT2D eigenvalue weighted by molar-refractivity contribution is 7.99. The van der Waals surface area contributed by atoms with Gasteiger partial charge in [-0.25, -0.2) is 4.79 Å². The third-order valence-corrected chi connectivity index (χ3v) is 4.10. The Hall–Kier alpha value is -1.56. The highest BCUT2D eigenvalue weighted by atomic mass is 32.2. The van der Waals surface area contributed by atoms with Gasteiger partial charge < -0.3 is 19.7 Å². The zero-order chi connectivity index (χ0) is 14.4. The molecule has 0 bridgehead atoms. The average molecular weight is 296 g/mol. The molecule has 2 rings (SSSR count). The van der Waals surface area contributed by atoms with Gasteiger partial charge in [0.05, 0.1) is 14.2 Å². The van der Waals surface area contributed by atoms with Crippen molar-refractivity contribution in [3.8, 4) is 11.5 Å². The lowest BCUT2D eigenvalue weighted by atomic mass is 10.2. The summed E-state index contributed by atoms with van der Waals surface area (Å²) in [6.07, 6.45) is 0. The minimum Gasteiger partial charge on any atom is -0.497 e. The summed E-state index contributed by atoms with van der Waals surface area (Å²) >= 11 is 1.89. The van der Waals surface area contributed by atoms with Gasteiger partial charge in [-0.1, -0.05) is 0 Å². The van der Waals surface area contributed by atoms with Gasteiger partial charge in [0.2, 0.25) is 0 Å². The maximum Gasteiger partial charge on any atom is 0.317 e. The van der Waals surface area contributed by atoms with E-state index in [-0.39, 0.29) is 6.03 Å². The number of carbonyl (C=O) groups is 1. The van der Waals surface area contributed by atoms with Crippen molar-refractivity contribution in [1.29, 1.82) is 0 Å². The molecule has 0 aliphatic carbocycles. The molecule has 1 fully saturated rings. The molecule has 5 nitrogen and oxygen atoms in total. The number of nitrogens with one attached hydrogen (secondary N) is 1. The summed E-state index contributed by atoms with van der Waals surface area (Å²) in [7, 11) is 3.23. The number of urea groups is 1. The Bertz CT molecular complexity index is 439. The average Bonchev–Trinajstić information content (AvgIpc) is 2.53. The molecule has 20 heavy (non-hydrogen) atoms. The monoisotopic (exact) mass is 296 g/mol. The van der Waals surface area contributed by atoms with E-state index in [9.17, 15) is 4.79 Å².